The van der Waals surface area contributed by atoms with Gasteiger partial charge in [-0.1, -0.05) is 30.3 Å². The van der Waals surface area contributed by atoms with E-state index >= 15 is 0 Å². The van der Waals surface area contributed by atoms with Gasteiger partial charge in [0.05, 0.1) is 19.8 Å². The van der Waals surface area contributed by atoms with E-state index in [1.807, 2.05) is 30.3 Å². The highest BCUT2D eigenvalue weighted by atomic mass is 35.7. The van der Waals surface area contributed by atoms with E-state index in [2.05, 4.69) is 10.1 Å². The molecule has 6 nitrogen and oxygen atoms in total. The Hall–Kier alpha value is -1.44. The Labute approximate surface area is 115 Å². The zero-order valence-electron chi connectivity index (χ0n) is 9.94. The van der Waals surface area contributed by atoms with E-state index in [1.165, 1.54) is 11.0 Å². The summed E-state index contributed by atoms with van der Waals surface area (Å²) in [5.74, 6) is 0. The lowest BCUT2D eigenvalue weighted by atomic mass is 10.2. The third-order valence-electron chi connectivity index (χ3n) is 2.31. The molecule has 0 aliphatic carbocycles. The second-order valence-corrected chi connectivity index (χ2v) is 6.23. The first-order valence-corrected chi connectivity index (χ1v) is 7.82. The second-order valence-electron chi connectivity index (χ2n) is 3.77. The number of halogens is 1. The Morgan fingerprint density at radius 3 is 2.63 bits per heavy atom. The van der Waals surface area contributed by atoms with Crippen LogP contribution in [0.25, 0.3) is 0 Å². The van der Waals surface area contributed by atoms with Crippen LogP contribution in [0.15, 0.2) is 41.8 Å². The SMILES string of the molecule is O=S(=O)(Cl)c1ncn(CCOCc2ccccc2)n1. The van der Waals surface area contributed by atoms with Crippen LogP contribution in [-0.4, -0.2) is 29.8 Å². The average Bonchev–Trinajstić information content (AvgIpc) is 2.85. The summed E-state index contributed by atoms with van der Waals surface area (Å²) in [5, 5.41) is 3.34. The molecular weight excluding hydrogens is 290 g/mol. The van der Waals surface area contributed by atoms with Gasteiger partial charge in [0.25, 0.3) is 14.2 Å². The quantitative estimate of drug-likeness (QED) is 0.596. The number of aromatic nitrogens is 3. The first kappa shape index (κ1) is 14.0. The van der Waals surface area contributed by atoms with E-state index in [0.29, 0.717) is 19.8 Å². The molecule has 0 aliphatic heterocycles. The molecule has 0 aliphatic rings. The van der Waals surface area contributed by atoms with Crippen LogP contribution in [0.3, 0.4) is 0 Å². The van der Waals surface area contributed by atoms with Crippen LogP contribution in [0.2, 0.25) is 0 Å². The van der Waals surface area contributed by atoms with Crippen molar-refractivity contribution in [3.8, 4) is 0 Å². The largest absolute Gasteiger partial charge is 0.375 e. The van der Waals surface area contributed by atoms with E-state index < -0.39 is 14.2 Å². The van der Waals surface area contributed by atoms with Gasteiger partial charge in [0, 0.05) is 10.7 Å². The molecule has 0 saturated heterocycles. The first-order chi connectivity index (χ1) is 9.05. The summed E-state index contributed by atoms with van der Waals surface area (Å²) in [6.07, 6.45) is 1.31. The molecule has 0 spiro atoms. The lowest BCUT2D eigenvalue weighted by Crippen LogP contribution is -2.07. The minimum Gasteiger partial charge on any atom is -0.375 e. The van der Waals surface area contributed by atoms with E-state index in [9.17, 15) is 8.42 Å². The molecule has 2 aromatic rings. The maximum Gasteiger partial charge on any atom is 0.298 e. The van der Waals surface area contributed by atoms with E-state index in [0.717, 1.165) is 5.56 Å². The van der Waals surface area contributed by atoms with Crippen molar-refractivity contribution in [3.63, 3.8) is 0 Å². The van der Waals surface area contributed by atoms with Crippen LogP contribution in [-0.2, 0) is 26.9 Å². The minimum atomic E-state index is -3.87. The molecule has 0 fully saturated rings. The molecule has 0 atom stereocenters. The van der Waals surface area contributed by atoms with Crippen molar-refractivity contribution >= 4 is 19.7 Å². The Morgan fingerprint density at radius 1 is 1.26 bits per heavy atom. The van der Waals surface area contributed by atoms with Crippen molar-refractivity contribution in [2.75, 3.05) is 6.61 Å². The lowest BCUT2D eigenvalue weighted by Gasteiger charge is -2.03. The molecule has 19 heavy (non-hydrogen) atoms. The van der Waals surface area contributed by atoms with E-state index in [4.69, 9.17) is 15.4 Å². The smallest absolute Gasteiger partial charge is 0.298 e. The summed E-state index contributed by atoms with van der Waals surface area (Å²) in [7, 11) is 1.25. The summed E-state index contributed by atoms with van der Waals surface area (Å²) in [4.78, 5) is 3.60. The number of ether oxygens (including phenoxy) is 1. The van der Waals surface area contributed by atoms with Gasteiger partial charge in [-0.2, -0.15) is 0 Å². The van der Waals surface area contributed by atoms with Gasteiger partial charge in [-0.25, -0.2) is 18.1 Å². The van der Waals surface area contributed by atoms with Crippen molar-refractivity contribution in [3.05, 3.63) is 42.2 Å². The molecule has 1 aromatic carbocycles. The molecular formula is C11H12ClN3O3S. The Kier molecular flexibility index (Phi) is 4.52. The monoisotopic (exact) mass is 301 g/mol. The molecule has 2 rings (SSSR count). The van der Waals surface area contributed by atoms with Gasteiger partial charge >= 0.3 is 0 Å². The minimum absolute atomic E-state index is 0.391. The molecule has 1 heterocycles. The predicted molar refractivity (Wildman–Crippen MR) is 69.2 cm³/mol. The highest BCUT2D eigenvalue weighted by Crippen LogP contribution is 2.07. The van der Waals surface area contributed by atoms with Gasteiger partial charge in [0.15, 0.2) is 0 Å². The summed E-state index contributed by atoms with van der Waals surface area (Å²) < 4.78 is 28.7. The molecule has 0 saturated carbocycles. The standard InChI is InChI=1S/C11H12ClN3O3S/c12-19(16,17)11-13-9-15(14-11)6-7-18-8-10-4-2-1-3-5-10/h1-5,9H,6-8H2. The number of rotatable bonds is 6. The number of benzene rings is 1. The highest BCUT2D eigenvalue weighted by Gasteiger charge is 2.15. The van der Waals surface area contributed by atoms with Crippen LogP contribution in [0.1, 0.15) is 5.56 Å². The van der Waals surface area contributed by atoms with Gasteiger partial charge in [-0.05, 0) is 5.56 Å². The predicted octanol–water partition coefficient (Wildman–Crippen LogP) is 1.42. The number of hydrogen-bond acceptors (Lipinski definition) is 5. The van der Waals surface area contributed by atoms with Crippen molar-refractivity contribution in [2.45, 2.75) is 18.3 Å². The van der Waals surface area contributed by atoms with Gasteiger partial charge in [0.1, 0.15) is 6.33 Å². The Morgan fingerprint density at radius 2 is 2.00 bits per heavy atom. The fourth-order valence-electron chi connectivity index (χ4n) is 1.42. The Balaban J connectivity index is 1.79. The molecule has 0 N–H and O–H groups in total. The van der Waals surface area contributed by atoms with Crippen molar-refractivity contribution in [1.29, 1.82) is 0 Å². The molecule has 1 aromatic heterocycles. The zero-order chi connectivity index (χ0) is 13.7. The van der Waals surface area contributed by atoms with Gasteiger partial charge in [-0.3, -0.25) is 0 Å². The average molecular weight is 302 g/mol. The van der Waals surface area contributed by atoms with Crippen molar-refractivity contribution in [1.82, 2.24) is 14.8 Å². The van der Waals surface area contributed by atoms with Crippen LogP contribution in [0, 0.1) is 0 Å². The summed E-state index contributed by atoms with van der Waals surface area (Å²) in [6, 6.07) is 9.75. The topological polar surface area (TPSA) is 74.1 Å². The summed E-state index contributed by atoms with van der Waals surface area (Å²) in [6.45, 7) is 1.31. The first-order valence-electron chi connectivity index (χ1n) is 5.51. The maximum atomic E-state index is 11.0. The second kappa shape index (κ2) is 6.14. The Bertz CT molecular complexity index is 628. The van der Waals surface area contributed by atoms with Gasteiger partial charge in [0.2, 0.25) is 0 Å². The van der Waals surface area contributed by atoms with Crippen LogP contribution in [0.5, 0.6) is 0 Å². The summed E-state index contributed by atoms with van der Waals surface area (Å²) in [5.41, 5.74) is 1.07. The highest BCUT2D eigenvalue weighted by molar-refractivity contribution is 8.13. The molecule has 0 bridgehead atoms. The third-order valence-corrected chi connectivity index (χ3v) is 3.35. The number of nitrogens with zero attached hydrogens (tertiary/aromatic N) is 3. The fraction of sp³-hybridized carbons (Fsp3) is 0.273. The molecule has 0 radical (unpaired) electrons. The normalized spacial score (nSPS) is 11.6. The fourth-order valence-corrected chi connectivity index (χ4v) is 2.01. The third kappa shape index (κ3) is 4.30. The summed E-state index contributed by atoms with van der Waals surface area (Å²) >= 11 is 0. The molecule has 0 amide bonds. The zero-order valence-corrected chi connectivity index (χ0v) is 11.5. The van der Waals surface area contributed by atoms with Gasteiger partial charge in [-0.15, -0.1) is 5.10 Å². The molecule has 102 valence electrons. The lowest BCUT2D eigenvalue weighted by molar-refractivity contribution is 0.110. The van der Waals surface area contributed by atoms with Crippen molar-refractivity contribution in [2.24, 2.45) is 0 Å². The molecule has 8 heteroatoms. The van der Waals surface area contributed by atoms with Crippen molar-refractivity contribution < 1.29 is 13.2 Å². The van der Waals surface area contributed by atoms with Crippen LogP contribution >= 0.6 is 10.7 Å². The number of hydrogen-bond donors (Lipinski definition) is 0. The maximum absolute atomic E-state index is 11.0. The molecule has 0 unspecified atom stereocenters. The van der Waals surface area contributed by atoms with Gasteiger partial charge < -0.3 is 4.74 Å². The van der Waals surface area contributed by atoms with Crippen LogP contribution < -0.4 is 0 Å². The van der Waals surface area contributed by atoms with E-state index in [-0.39, 0.29) is 0 Å². The van der Waals surface area contributed by atoms with E-state index in [1.54, 1.807) is 0 Å². The van der Waals surface area contributed by atoms with Crippen LogP contribution in [0.4, 0.5) is 0 Å².